The molecule has 0 spiro atoms. The summed E-state index contributed by atoms with van der Waals surface area (Å²) in [6, 6.07) is 0. The standard InChI is InChI=1S/C15H20N4O2S.C2HF3O2/c1-9-14(22-8-16-9)7-19-5-11-3-12(20-13(11)6-19)4-15-17-10(2)18-21-15;3-2(4,5)1(6)7/h8,11-13H,3-7H2,1-2H3;(H,6,7)/t11-,12+,13+;/m0./s1. The van der Waals surface area contributed by atoms with Crippen molar-refractivity contribution in [2.24, 2.45) is 5.92 Å². The van der Waals surface area contributed by atoms with Crippen LogP contribution in [-0.2, 0) is 22.5 Å². The summed E-state index contributed by atoms with van der Waals surface area (Å²) in [7, 11) is 0. The zero-order valence-corrected chi connectivity index (χ0v) is 16.7. The molecule has 0 radical (unpaired) electrons. The van der Waals surface area contributed by atoms with Gasteiger partial charge in [0.2, 0.25) is 5.89 Å². The lowest BCUT2D eigenvalue weighted by molar-refractivity contribution is -0.192. The molecule has 1 N–H and O–H groups in total. The Labute approximate surface area is 168 Å². The number of ether oxygens (including phenoxy) is 1. The number of aromatic nitrogens is 3. The summed E-state index contributed by atoms with van der Waals surface area (Å²) in [6.07, 6.45) is -2.68. The summed E-state index contributed by atoms with van der Waals surface area (Å²) in [5, 5.41) is 11.0. The lowest BCUT2D eigenvalue weighted by atomic mass is 10.0. The molecular weight excluding hydrogens is 413 g/mol. The van der Waals surface area contributed by atoms with Crippen LogP contribution in [0.15, 0.2) is 10.0 Å². The molecule has 3 atom stereocenters. The molecule has 2 saturated heterocycles. The number of nitrogens with zero attached hydrogens (tertiary/aromatic N) is 4. The first kappa shape index (κ1) is 21.7. The van der Waals surface area contributed by atoms with Crippen LogP contribution in [0, 0.1) is 19.8 Å². The molecule has 0 unspecified atom stereocenters. The third kappa shape index (κ3) is 5.73. The van der Waals surface area contributed by atoms with Gasteiger partial charge in [0.1, 0.15) is 0 Å². The summed E-state index contributed by atoms with van der Waals surface area (Å²) in [6.45, 7) is 7.06. The van der Waals surface area contributed by atoms with Crippen molar-refractivity contribution < 1.29 is 32.3 Å². The van der Waals surface area contributed by atoms with E-state index >= 15 is 0 Å². The van der Waals surface area contributed by atoms with E-state index in [0.717, 1.165) is 38.2 Å². The van der Waals surface area contributed by atoms with Crippen molar-refractivity contribution in [3.63, 3.8) is 0 Å². The van der Waals surface area contributed by atoms with E-state index in [2.05, 4.69) is 26.9 Å². The van der Waals surface area contributed by atoms with Crippen molar-refractivity contribution in [3.8, 4) is 0 Å². The smallest absolute Gasteiger partial charge is 0.475 e. The zero-order valence-electron chi connectivity index (χ0n) is 15.8. The highest BCUT2D eigenvalue weighted by molar-refractivity contribution is 7.09. The van der Waals surface area contributed by atoms with E-state index in [-0.39, 0.29) is 6.10 Å². The van der Waals surface area contributed by atoms with Crippen LogP contribution in [0.4, 0.5) is 13.2 Å². The number of fused-ring (bicyclic) bond motifs is 1. The number of likely N-dealkylation sites (tertiary alicyclic amines) is 1. The molecule has 12 heteroatoms. The molecule has 2 aromatic heterocycles. The third-order valence-electron chi connectivity index (χ3n) is 4.82. The minimum absolute atomic E-state index is 0.224. The molecule has 2 fully saturated rings. The van der Waals surface area contributed by atoms with E-state index in [4.69, 9.17) is 19.2 Å². The van der Waals surface area contributed by atoms with Crippen molar-refractivity contribution >= 4 is 17.3 Å². The second kappa shape index (κ2) is 8.76. The highest BCUT2D eigenvalue weighted by Gasteiger charge is 2.42. The first-order valence-corrected chi connectivity index (χ1v) is 9.86. The Bertz CT molecular complexity index is 827. The Kier molecular flexibility index (Phi) is 6.54. The van der Waals surface area contributed by atoms with Crippen molar-refractivity contribution in [2.75, 3.05) is 13.1 Å². The van der Waals surface area contributed by atoms with E-state index in [9.17, 15) is 13.2 Å². The predicted molar refractivity (Wildman–Crippen MR) is 95.3 cm³/mol. The van der Waals surface area contributed by atoms with Gasteiger partial charge in [0.05, 0.1) is 29.8 Å². The molecule has 29 heavy (non-hydrogen) atoms. The molecule has 0 aromatic carbocycles. The Morgan fingerprint density at radius 1 is 1.38 bits per heavy atom. The summed E-state index contributed by atoms with van der Waals surface area (Å²) in [5.74, 6) is -0.742. The largest absolute Gasteiger partial charge is 0.490 e. The predicted octanol–water partition coefficient (Wildman–Crippen LogP) is 2.61. The van der Waals surface area contributed by atoms with Crippen molar-refractivity contribution in [1.82, 2.24) is 20.0 Å². The van der Waals surface area contributed by atoms with Crippen LogP contribution in [0.1, 0.15) is 28.7 Å². The van der Waals surface area contributed by atoms with E-state index < -0.39 is 12.1 Å². The summed E-state index contributed by atoms with van der Waals surface area (Å²) < 4.78 is 43.1. The molecule has 0 amide bonds. The van der Waals surface area contributed by atoms with Crippen molar-refractivity contribution in [3.05, 3.63) is 27.8 Å². The molecular formula is C17H21F3N4O4S. The van der Waals surface area contributed by atoms with Gasteiger partial charge in [-0.3, -0.25) is 4.90 Å². The average molecular weight is 434 g/mol. The van der Waals surface area contributed by atoms with Crippen LogP contribution in [0.25, 0.3) is 0 Å². The molecule has 4 rings (SSSR count). The molecule has 2 aliphatic heterocycles. The van der Waals surface area contributed by atoms with Crippen molar-refractivity contribution in [1.29, 1.82) is 0 Å². The maximum Gasteiger partial charge on any atom is 0.490 e. The fourth-order valence-corrected chi connectivity index (χ4v) is 4.33. The first-order valence-electron chi connectivity index (χ1n) is 8.98. The van der Waals surface area contributed by atoms with E-state index in [0.29, 0.717) is 23.7 Å². The van der Waals surface area contributed by atoms with Crippen LogP contribution >= 0.6 is 11.3 Å². The second-order valence-electron chi connectivity index (χ2n) is 7.09. The fourth-order valence-electron chi connectivity index (χ4n) is 3.51. The van der Waals surface area contributed by atoms with Gasteiger partial charge in [-0.15, -0.1) is 11.3 Å². The number of rotatable bonds is 4. The summed E-state index contributed by atoms with van der Waals surface area (Å²) in [4.78, 5) is 21.4. The number of thiazole rings is 1. The SMILES string of the molecule is Cc1noc(C[C@H]2C[C@H]3CN(Cc4scnc4C)C[C@H]3O2)n1.O=C(O)C(F)(F)F. The number of aryl methyl sites for hydroxylation is 2. The number of carbonyl (C=O) groups is 1. The van der Waals surface area contributed by atoms with Gasteiger partial charge >= 0.3 is 12.1 Å². The maximum atomic E-state index is 10.6. The molecule has 8 nitrogen and oxygen atoms in total. The van der Waals surface area contributed by atoms with Gasteiger partial charge in [-0.05, 0) is 20.3 Å². The average Bonchev–Trinajstić information content (AvgIpc) is 3.35. The van der Waals surface area contributed by atoms with Gasteiger partial charge in [0.25, 0.3) is 0 Å². The highest BCUT2D eigenvalue weighted by Crippen LogP contribution is 2.35. The number of aliphatic carboxylic acids is 1. The van der Waals surface area contributed by atoms with E-state index in [1.807, 2.05) is 12.4 Å². The van der Waals surface area contributed by atoms with Gasteiger partial charge in [-0.1, -0.05) is 5.16 Å². The zero-order chi connectivity index (χ0) is 21.2. The number of alkyl halides is 3. The van der Waals surface area contributed by atoms with Gasteiger partial charge in [-0.2, -0.15) is 18.2 Å². The minimum atomic E-state index is -5.08. The second-order valence-corrected chi connectivity index (χ2v) is 8.03. The number of halogens is 3. The van der Waals surface area contributed by atoms with E-state index in [1.54, 1.807) is 11.3 Å². The number of hydrogen-bond donors (Lipinski definition) is 1. The van der Waals surface area contributed by atoms with Crippen LogP contribution in [0.5, 0.6) is 0 Å². The first-order chi connectivity index (χ1) is 13.6. The van der Waals surface area contributed by atoms with Gasteiger partial charge in [-0.25, -0.2) is 9.78 Å². The quantitative estimate of drug-likeness (QED) is 0.784. The Balaban J connectivity index is 0.000000298. The van der Waals surface area contributed by atoms with Gasteiger partial charge in [0, 0.05) is 30.4 Å². The summed E-state index contributed by atoms with van der Waals surface area (Å²) in [5.41, 5.74) is 3.09. The Hall–Kier alpha value is -2.05. The Morgan fingerprint density at radius 3 is 2.62 bits per heavy atom. The molecule has 0 bridgehead atoms. The molecule has 2 aliphatic rings. The molecule has 0 aliphatic carbocycles. The van der Waals surface area contributed by atoms with Crippen molar-refractivity contribution in [2.45, 2.75) is 51.6 Å². The van der Waals surface area contributed by atoms with Crippen LogP contribution in [-0.4, -0.2) is 62.6 Å². The lowest BCUT2D eigenvalue weighted by Gasteiger charge is -2.18. The van der Waals surface area contributed by atoms with E-state index in [1.165, 1.54) is 4.88 Å². The van der Waals surface area contributed by atoms with Crippen LogP contribution in [0.3, 0.4) is 0 Å². The molecule has 0 saturated carbocycles. The summed E-state index contributed by atoms with van der Waals surface area (Å²) >= 11 is 1.75. The molecule has 4 heterocycles. The number of hydrogen-bond acceptors (Lipinski definition) is 8. The fraction of sp³-hybridized carbons (Fsp3) is 0.647. The van der Waals surface area contributed by atoms with Crippen LogP contribution < -0.4 is 0 Å². The highest BCUT2D eigenvalue weighted by atomic mass is 32.1. The van der Waals surface area contributed by atoms with Gasteiger partial charge < -0.3 is 14.4 Å². The lowest BCUT2D eigenvalue weighted by Crippen LogP contribution is -2.25. The molecule has 160 valence electrons. The molecule has 2 aromatic rings. The minimum Gasteiger partial charge on any atom is -0.475 e. The Morgan fingerprint density at radius 2 is 2.10 bits per heavy atom. The monoisotopic (exact) mass is 434 g/mol. The third-order valence-corrected chi connectivity index (χ3v) is 5.74. The van der Waals surface area contributed by atoms with Gasteiger partial charge in [0.15, 0.2) is 5.82 Å². The normalized spacial score (nSPS) is 24.2. The maximum absolute atomic E-state index is 10.6. The number of carboxylic acid groups (broad SMARTS) is 1. The topological polar surface area (TPSA) is 102 Å². The number of carboxylic acids is 1. The van der Waals surface area contributed by atoms with Crippen LogP contribution in [0.2, 0.25) is 0 Å².